The third-order valence-electron chi connectivity index (χ3n) is 11.5. The van der Waals surface area contributed by atoms with Gasteiger partial charge in [0.1, 0.15) is 6.04 Å². The molecule has 3 amide bonds. The van der Waals surface area contributed by atoms with E-state index in [0.717, 1.165) is 38.5 Å². The number of esters is 1. The number of nitrogens with zero attached hydrogens (tertiary/aromatic N) is 2. The van der Waals surface area contributed by atoms with Crippen molar-refractivity contribution >= 4 is 41.0 Å². The van der Waals surface area contributed by atoms with Crippen LogP contribution in [-0.2, 0) is 38.3 Å². The molecular weight excluding hydrogens is 674 g/mol. The number of ether oxygens (including phenoxy) is 1. The maximum atomic E-state index is 14.4. The molecule has 292 valence electrons. The Labute approximate surface area is 315 Å². The number of carbonyl (C=O) groups excluding carboxylic acids is 7. The summed E-state index contributed by atoms with van der Waals surface area (Å²) in [5.41, 5.74) is 0.599. The largest absolute Gasteiger partial charge is 0.465 e. The molecule has 11 heteroatoms. The quantitative estimate of drug-likeness (QED) is 0.137. The first-order valence-electron chi connectivity index (χ1n) is 19.9. The molecule has 3 aliphatic rings. The fourth-order valence-corrected chi connectivity index (χ4v) is 8.68. The highest BCUT2D eigenvalue weighted by Gasteiger charge is 2.63. The van der Waals surface area contributed by atoms with E-state index in [-0.39, 0.29) is 79.5 Å². The van der Waals surface area contributed by atoms with Gasteiger partial charge in [-0.15, -0.1) is 0 Å². The predicted octanol–water partition coefficient (Wildman–Crippen LogP) is 5.49. The summed E-state index contributed by atoms with van der Waals surface area (Å²) in [5, 5.41) is 2.71. The van der Waals surface area contributed by atoms with Gasteiger partial charge in [-0.25, -0.2) is 0 Å². The van der Waals surface area contributed by atoms with Crippen molar-refractivity contribution in [1.29, 1.82) is 0 Å². The van der Waals surface area contributed by atoms with Gasteiger partial charge in [0.15, 0.2) is 11.6 Å². The van der Waals surface area contributed by atoms with Gasteiger partial charge in [0.25, 0.3) is 0 Å². The molecule has 0 spiro atoms. The smallest absolute Gasteiger partial charge is 0.306 e. The van der Waals surface area contributed by atoms with Crippen molar-refractivity contribution in [3.8, 4) is 0 Å². The van der Waals surface area contributed by atoms with E-state index >= 15 is 0 Å². The molecule has 4 rings (SSSR count). The molecule has 1 aromatic carbocycles. The van der Waals surface area contributed by atoms with Crippen molar-refractivity contribution in [3.63, 3.8) is 0 Å². The predicted molar refractivity (Wildman–Crippen MR) is 200 cm³/mol. The van der Waals surface area contributed by atoms with E-state index in [1.54, 1.807) is 49.3 Å². The van der Waals surface area contributed by atoms with Gasteiger partial charge in [-0.1, -0.05) is 90.1 Å². The van der Waals surface area contributed by atoms with Crippen LogP contribution in [0, 0.1) is 41.4 Å². The number of nitrogens with one attached hydrogen (secondary N) is 1. The highest BCUT2D eigenvalue weighted by molar-refractivity contribution is 6.38. The Bertz CT molecular complexity index is 1470. The second-order valence-corrected chi connectivity index (χ2v) is 16.1. The average Bonchev–Trinajstić information content (AvgIpc) is 3.69. The highest BCUT2D eigenvalue weighted by Crippen LogP contribution is 2.58. The molecule has 1 N–H and O–H groups in total. The monoisotopic (exact) mass is 735 g/mol. The van der Waals surface area contributed by atoms with E-state index in [4.69, 9.17) is 4.74 Å². The van der Waals surface area contributed by atoms with Gasteiger partial charge in [0.05, 0.1) is 25.0 Å². The number of hydrogen-bond acceptors (Lipinski definition) is 8. The number of likely N-dealkylation sites (N-methyl/N-ethyl adjacent to an activating group) is 1. The molecule has 1 unspecified atom stereocenters. The zero-order valence-electron chi connectivity index (χ0n) is 32.6. The van der Waals surface area contributed by atoms with Crippen LogP contribution in [0.3, 0.4) is 0 Å². The molecule has 0 bridgehead atoms. The van der Waals surface area contributed by atoms with Crippen LogP contribution in [0.4, 0.5) is 0 Å². The Balaban J connectivity index is 1.44. The van der Waals surface area contributed by atoms with Crippen molar-refractivity contribution in [3.05, 3.63) is 35.9 Å². The molecule has 11 nitrogen and oxygen atoms in total. The number of Topliss-reactive ketones (excluding diaryl/α,β-unsaturated/α-hetero) is 3. The molecule has 1 heterocycles. The Morgan fingerprint density at radius 3 is 2.21 bits per heavy atom. The minimum absolute atomic E-state index is 0.00536. The molecule has 2 saturated carbocycles. The molecule has 0 radical (unpaired) electrons. The number of carbonyl (C=O) groups is 7. The molecule has 1 aliphatic heterocycles. The van der Waals surface area contributed by atoms with Gasteiger partial charge in [0.2, 0.25) is 23.5 Å². The van der Waals surface area contributed by atoms with Gasteiger partial charge in [-0.2, -0.15) is 0 Å². The van der Waals surface area contributed by atoms with Crippen LogP contribution < -0.4 is 5.32 Å². The molecule has 3 fully saturated rings. The van der Waals surface area contributed by atoms with E-state index < -0.39 is 41.4 Å². The number of rotatable bonds is 20. The summed E-state index contributed by atoms with van der Waals surface area (Å²) in [6, 6.07) is 7.18. The van der Waals surface area contributed by atoms with Crippen molar-refractivity contribution < 1.29 is 38.3 Å². The second-order valence-electron chi connectivity index (χ2n) is 16.1. The van der Waals surface area contributed by atoms with Gasteiger partial charge in [-0.05, 0) is 54.4 Å². The van der Waals surface area contributed by atoms with Crippen molar-refractivity contribution in [1.82, 2.24) is 15.1 Å². The molecule has 1 saturated heterocycles. The lowest BCUT2D eigenvalue weighted by molar-refractivity contribution is -0.153. The van der Waals surface area contributed by atoms with Gasteiger partial charge in [-0.3, -0.25) is 33.6 Å². The fraction of sp³-hybridized carbons (Fsp3) is 0.690. The zero-order chi connectivity index (χ0) is 38.8. The Morgan fingerprint density at radius 1 is 0.925 bits per heavy atom. The van der Waals surface area contributed by atoms with Gasteiger partial charge >= 0.3 is 5.97 Å². The number of piperidine rings is 1. The average molecular weight is 736 g/mol. The molecule has 2 aliphatic carbocycles. The van der Waals surface area contributed by atoms with Crippen LogP contribution in [0.2, 0.25) is 0 Å². The second kappa shape index (κ2) is 19.4. The van der Waals surface area contributed by atoms with E-state index in [9.17, 15) is 33.6 Å². The summed E-state index contributed by atoms with van der Waals surface area (Å²) in [6.07, 6.45) is 5.81. The SMILES string of the molecule is CCCC(CC(=O)[C@@H]1[C@H]2[C@H](CC)[C@H]2CN1C(=O)[C@@H](CC(=O)OCC(C)C)C1CCCCC1)C(=O)C(=O)CCC(=O)N[C@H](C(=O)N(C)C)c1ccccc1. The van der Waals surface area contributed by atoms with Crippen molar-refractivity contribution in [2.24, 2.45) is 41.4 Å². The summed E-state index contributed by atoms with van der Waals surface area (Å²) < 4.78 is 5.51. The van der Waals surface area contributed by atoms with Crippen molar-refractivity contribution in [2.45, 2.75) is 117 Å². The lowest BCUT2D eigenvalue weighted by Gasteiger charge is -2.36. The highest BCUT2D eigenvalue weighted by atomic mass is 16.5. The number of ketones is 3. The van der Waals surface area contributed by atoms with Crippen LogP contribution in [0.1, 0.15) is 116 Å². The third kappa shape index (κ3) is 10.8. The van der Waals surface area contributed by atoms with Crippen LogP contribution in [-0.4, -0.2) is 84.1 Å². The number of likely N-dealkylation sites (tertiary alicyclic amines) is 1. The third-order valence-corrected chi connectivity index (χ3v) is 11.5. The van der Waals surface area contributed by atoms with Crippen LogP contribution in [0.15, 0.2) is 30.3 Å². The summed E-state index contributed by atoms with van der Waals surface area (Å²) in [6.45, 7) is 8.65. The van der Waals surface area contributed by atoms with Crippen LogP contribution in [0.25, 0.3) is 0 Å². The van der Waals surface area contributed by atoms with Crippen molar-refractivity contribution in [2.75, 3.05) is 27.2 Å². The van der Waals surface area contributed by atoms with E-state index in [2.05, 4.69) is 12.2 Å². The maximum absolute atomic E-state index is 14.4. The lowest BCUT2D eigenvalue weighted by Crippen LogP contribution is -2.49. The van der Waals surface area contributed by atoms with E-state index in [1.807, 2.05) is 20.8 Å². The summed E-state index contributed by atoms with van der Waals surface area (Å²) in [5.74, 6) is -3.70. The number of fused-ring (bicyclic) bond motifs is 1. The first-order chi connectivity index (χ1) is 25.3. The fourth-order valence-electron chi connectivity index (χ4n) is 8.68. The normalized spacial score (nSPS) is 22.7. The first kappa shape index (κ1) is 41.9. The minimum atomic E-state index is -0.936. The number of hydrogen-bond donors (Lipinski definition) is 1. The Morgan fingerprint density at radius 2 is 1.60 bits per heavy atom. The van der Waals surface area contributed by atoms with E-state index in [0.29, 0.717) is 30.9 Å². The first-order valence-corrected chi connectivity index (χ1v) is 19.9. The van der Waals surface area contributed by atoms with Crippen LogP contribution in [0.5, 0.6) is 0 Å². The molecule has 0 aromatic heterocycles. The zero-order valence-corrected chi connectivity index (χ0v) is 32.6. The topological polar surface area (TPSA) is 147 Å². The van der Waals surface area contributed by atoms with Crippen LogP contribution >= 0.6 is 0 Å². The lowest BCUT2D eigenvalue weighted by atomic mass is 9.77. The summed E-state index contributed by atoms with van der Waals surface area (Å²) >= 11 is 0. The molecular formula is C42H61N3O8. The summed E-state index contributed by atoms with van der Waals surface area (Å²) in [7, 11) is 3.18. The maximum Gasteiger partial charge on any atom is 0.306 e. The molecule has 53 heavy (non-hydrogen) atoms. The van der Waals surface area contributed by atoms with Gasteiger partial charge in [0, 0.05) is 45.8 Å². The molecule has 7 atom stereocenters. The minimum Gasteiger partial charge on any atom is -0.465 e. The number of benzene rings is 1. The van der Waals surface area contributed by atoms with Gasteiger partial charge < -0.3 is 19.9 Å². The Kier molecular flexibility index (Phi) is 15.4. The summed E-state index contributed by atoms with van der Waals surface area (Å²) in [4.78, 5) is 97.4. The Hall–Kier alpha value is -3.89. The number of amides is 3. The standard InChI is InChI=1S/C42H61N3O8/c1-7-15-29(40(50)33(46)20-21-35(48)43-38(42(52)44(5)6)28-18-13-10-14-19-28)22-34(47)39-37-30(8-2)32(37)24-45(39)41(51)31(27-16-11-9-12-17-27)23-36(49)53-25-26(3)4/h10,13-14,18-19,26-27,29-32,37-39H,7-9,11-12,15-17,20-25H2,1-6H3,(H,43,48)/t29?,30-,31+,32-,37+,38+,39-/m1/s1. The molecule has 1 aromatic rings. The van der Waals surface area contributed by atoms with E-state index in [1.165, 1.54) is 4.90 Å².